The van der Waals surface area contributed by atoms with Gasteiger partial charge in [0.2, 0.25) is 5.91 Å². The molecule has 2 aromatic rings. The highest BCUT2D eigenvalue weighted by Gasteiger charge is 2.32. The molecule has 1 saturated heterocycles. The zero-order valence-electron chi connectivity index (χ0n) is 13.5. The molecule has 1 heterocycles. The molecule has 1 fully saturated rings. The molecule has 2 aromatic carbocycles. The van der Waals surface area contributed by atoms with E-state index in [4.69, 9.17) is 0 Å². The second kappa shape index (κ2) is 6.50. The van der Waals surface area contributed by atoms with Crippen LogP contribution in [0.5, 0.6) is 0 Å². The quantitative estimate of drug-likeness (QED) is 0.867. The van der Waals surface area contributed by atoms with Gasteiger partial charge in [-0.05, 0) is 49.2 Å². The number of carbonyl (C=O) groups is 1. The highest BCUT2D eigenvalue weighted by atomic mass is 19.1. The van der Waals surface area contributed by atoms with E-state index in [-0.39, 0.29) is 17.8 Å². The van der Waals surface area contributed by atoms with Gasteiger partial charge in [-0.1, -0.05) is 24.3 Å². The Balaban J connectivity index is 1.73. The van der Waals surface area contributed by atoms with Crippen LogP contribution in [-0.2, 0) is 11.3 Å². The maximum absolute atomic E-state index is 13.1. The summed E-state index contributed by atoms with van der Waals surface area (Å²) in [5.74, 6) is -0.219. The summed E-state index contributed by atoms with van der Waals surface area (Å²) >= 11 is 0. The summed E-state index contributed by atoms with van der Waals surface area (Å²) in [7, 11) is 0. The lowest BCUT2D eigenvalue weighted by Gasteiger charge is -2.39. The van der Waals surface area contributed by atoms with E-state index in [1.807, 2.05) is 19.1 Å². The molecule has 0 unspecified atom stereocenters. The van der Waals surface area contributed by atoms with Crippen LogP contribution in [0.4, 0.5) is 10.1 Å². The monoisotopic (exact) mass is 312 g/mol. The summed E-state index contributed by atoms with van der Waals surface area (Å²) in [5.41, 5.74) is 3.26. The molecule has 0 aliphatic carbocycles. The standard InChI is InChI=1S/C19H21FN2O/c1-14-5-3-4-6-16(14)13-21-11-12-22(19(23)15(21)2)18-9-7-17(20)8-10-18/h3-10,15H,11-13H2,1-2H3/t15-/m1/s1. The van der Waals surface area contributed by atoms with E-state index in [9.17, 15) is 9.18 Å². The van der Waals surface area contributed by atoms with Crippen molar-refractivity contribution in [2.24, 2.45) is 0 Å². The summed E-state index contributed by atoms with van der Waals surface area (Å²) in [6, 6.07) is 14.2. The van der Waals surface area contributed by atoms with Crippen LogP contribution in [0.1, 0.15) is 18.1 Å². The van der Waals surface area contributed by atoms with E-state index in [2.05, 4.69) is 24.0 Å². The first-order valence-electron chi connectivity index (χ1n) is 7.92. The molecule has 1 amide bonds. The highest BCUT2D eigenvalue weighted by Crippen LogP contribution is 2.22. The molecular formula is C19H21FN2O. The zero-order chi connectivity index (χ0) is 16.4. The van der Waals surface area contributed by atoms with E-state index in [1.54, 1.807) is 17.0 Å². The largest absolute Gasteiger partial charge is 0.310 e. The van der Waals surface area contributed by atoms with Crippen molar-refractivity contribution in [2.75, 3.05) is 18.0 Å². The fourth-order valence-corrected chi connectivity index (χ4v) is 3.01. The third-order valence-corrected chi connectivity index (χ3v) is 4.55. The average molecular weight is 312 g/mol. The van der Waals surface area contributed by atoms with Gasteiger partial charge in [0.15, 0.2) is 0 Å². The van der Waals surface area contributed by atoms with Crippen LogP contribution in [0, 0.1) is 12.7 Å². The minimum Gasteiger partial charge on any atom is -0.310 e. The molecule has 0 radical (unpaired) electrons. The zero-order valence-corrected chi connectivity index (χ0v) is 13.5. The smallest absolute Gasteiger partial charge is 0.244 e. The molecule has 3 nitrogen and oxygen atoms in total. The Labute approximate surface area is 136 Å². The number of piperazine rings is 1. The second-order valence-electron chi connectivity index (χ2n) is 6.04. The molecule has 1 atom stereocenters. The molecule has 0 bridgehead atoms. The number of anilines is 1. The van der Waals surface area contributed by atoms with Crippen LogP contribution in [0.15, 0.2) is 48.5 Å². The van der Waals surface area contributed by atoms with Gasteiger partial charge >= 0.3 is 0 Å². The predicted octanol–water partition coefficient (Wildman–Crippen LogP) is 3.37. The molecule has 23 heavy (non-hydrogen) atoms. The van der Waals surface area contributed by atoms with Crippen molar-refractivity contribution in [1.82, 2.24) is 4.90 Å². The molecule has 0 spiro atoms. The maximum atomic E-state index is 13.1. The van der Waals surface area contributed by atoms with E-state index in [0.29, 0.717) is 6.54 Å². The minimum atomic E-state index is -0.285. The fraction of sp³-hybridized carbons (Fsp3) is 0.316. The molecule has 120 valence electrons. The van der Waals surface area contributed by atoms with Crippen LogP contribution in [-0.4, -0.2) is 29.9 Å². The molecule has 0 aromatic heterocycles. The Bertz CT molecular complexity index is 699. The van der Waals surface area contributed by atoms with Crippen molar-refractivity contribution < 1.29 is 9.18 Å². The summed E-state index contributed by atoms with van der Waals surface area (Å²) in [5, 5.41) is 0. The predicted molar refractivity (Wildman–Crippen MR) is 89.8 cm³/mol. The first-order chi connectivity index (χ1) is 11.1. The molecule has 1 aliphatic rings. The van der Waals surface area contributed by atoms with Gasteiger partial charge < -0.3 is 4.90 Å². The van der Waals surface area contributed by atoms with Gasteiger partial charge in [0.05, 0.1) is 6.04 Å². The van der Waals surface area contributed by atoms with Crippen LogP contribution in [0.3, 0.4) is 0 Å². The van der Waals surface area contributed by atoms with Crippen LogP contribution in [0.2, 0.25) is 0 Å². The fourth-order valence-electron chi connectivity index (χ4n) is 3.01. The first-order valence-corrected chi connectivity index (χ1v) is 7.92. The van der Waals surface area contributed by atoms with Gasteiger partial charge in [-0.2, -0.15) is 0 Å². The number of benzene rings is 2. The van der Waals surface area contributed by atoms with Gasteiger partial charge in [0.25, 0.3) is 0 Å². The topological polar surface area (TPSA) is 23.6 Å². The number of nitrogens with zero attached hydrogens (tertiary/aromatic N) is 2. The van der Waals surface area contributed by atoms with Crippen molar-refractivity contribution in [3.8, 4) is 0 Å². The van der Waals surface area contributed by atoms with Crippen LogP contribution >= 0.6 is 0 Å². The minimum absolute atomic E-state index is 0.0662. The summed E-state index contributed by atoms with van der Waals surface area (Å²) in [6.45, 7) is 6.24. The number of carbonyl (C=O) groups excluding carboxylic acids is 1. The summed E-state index contributed by atoms with van der Waals surface area (Å²) in [4.78, 5) is 16.6. The van der Waals surface area contributed by atoms with Gasteiger partial charge in [0.1, 0.15) is 5.82 Å². The Morgan fingerprint density at radius 1 is 1.09 bits per heavy atom. The molecular weight excluding hydrogens is 291 g/mol. The van der Waals surface area contributed by atoms with E-state index >= 15 is 0 Å². The third-order valence-electron chi connectivity index (χ3n) is 4.55. The lowest BCUT2D eigenvalue weighted by atomic mass is 10.1. The Hall–Kier alpha value is -2.20. The maximum Gasteiger partial charge on any atom is 0.244 e. The number of hydrogen-bond acceptors (Lipinski definition) is 2. The highest BCUT2D eigenvalue weighted by molar-refractivity contribution is 5.97. The van der Waals surface area contributed by atoms with Gasteiger partial charge in [-0.3, -0.25) is 9.69 Å². The summed E-state index contributed by atoms with van der Waals surface area (Å²) in [6.07, 6.45) is 0. The average Bonchev–Trinajstić information content (AvgIpc) is 2.55. The number of aryl methyl sites for hydroxylation is 1. The first kappa shape index (κ1) is 15.7. The van der Waals surface area contributed by atoms with Crippen molar-refractivity contribution in [1.29, 1.82) is 0 Å². The van der Waals surface area contributed by atoms with E-state index in [1.165, 1.54) is 23.3 Å². The number of halogens is 1. The van der Waals surface area contributed by atoms with E-state index < -0.39 is 0 Å². The van der Waals surface area contributed by atoms with Crippen molar-refractivity contribution >= 4 is 11.6 Å². The molecule has 0 N–H and O–H groups in total. The SMILES string of the molecule is Cc1ccccc1CN1CCN(c2ccc(F)cc2)C(=O)[C@H]1C. The number of amides is 1. The van der Waals surface area contributed by atoms with Gasteiger partial charge in [-0.25, -0.2) is 4.39 Å². The lowest BCUT2D eigenvalue weighted by molar-refractivity contribution is -0.125. The molecule has 0 saturated carbocycles. The Morgan fingerprint density at radius 2 is 1.78 bits per heavy atom. The summed E-state index contributed by atoms with van der Waals surface area (Å²) < 4.78 is 13.1. The molecule has 3 rings (SSSR count). The Morgan fingerprint density at radius 3 is 2.48 bits per heavy atom. The third kappa shape index (κ3) is 3.27. The number of rotatable bonds is 3. The van der Waals surface area contributed by atoms with Gasteiger partial charge in [-0.15, -0.1) is 0 Å². The Kier molecular flexibility index (Phi) is 4.44. The van der Waals surface area contributed by atoms with Crippen molar-refractivity contribution in [2.45, 2.75) is 26.4 Å². The van der Waals surface area contributed by atoms with Crippen molar-refractivity contribution in [3.63, 3.8) is 0 Å². The van der Waals surface area contributed by atoms with Crippen molar-refractivity contribution in [3.05, 3.63) is 65.5 Å². The second-order valence-corrected chi connectivity index (χ2v) is 6.04. The molecule has 1 aliphatic heterocycles. The van der Waals surface area contributed by atoms with Crippen LogP contribution < -0.4 is 4.90 Å². The normalized spacial score (nSPS) is 19.2. The van der Waals surface area contributed by atoms with Gasteiger partial charge in [0, 0.05) is 25.3 Å². The molecule has 4 heteroatoms. The van der Waals surface area contributed by atoms with Crippen LogP contribution in [0.25, 0.3) is 0 Å². The van der Waals surface area contributed by atoms with E-state index in [0.717, 1.165) is 18.8 Å². The number of hydrogen-bond donors (Lipinski definition) is 0. The lowest BCUT2D eigenvalue weighted by Crippen LogP contribution is -2.55.